The van der Waals surface area contributed by atoms with Gasteiger partial charge in [0.25, 0.3) is 0 Å². The van der Waals surface area contributed by atoms with Crippen LogP contribution in [-0.4, -0.2) is 9.97 Å². The van der Waals surface area contributed by atoms with E-state index in [1.807, 2.05) is 0 Å². The van der Waals surface area contributed by atoms with Crippen LogP contribution in [0.5, 0.6) is 0 Å². The molecule has 0 spiro atoms. The first-order chi connectivity index (χ1) is 13.4. The summed E-state index contributed by atoms with van der Waals surface area (Å²) in [6.45, 7) is 0. The molecule has 0 atom stereocenters. The lowest BCUT2D eigenvalue weighted by Crippen LogP contribution is -2.09. The lowest BCUT2D eigenvalue weighted by Gasteiger charge is -2.11. The molecule has 2 heterocycles. The Kier molecular flexibility index (Phi) is 5.48. The van der Waals surface area contributed by atoms with Gasteiger partial charge in [0, 0.05) is 17.2 Å². The highest BCUT2D eigenvalue weighted by atomic mass is 32.2. The first kappa shape index (κ1) is 21.0. The van der Waals surface area contributed by atoms with E-state index in [2.05, 4.69) is 14.7 Å². The maximum absolute atomic E-state index is 13.8. The average Bonchev–Trinajstić information content (AvgIpc) is 3.09. The van der Waals surface area contributed by atoms with Crippen LogP contribution in [0.25, 0.3) is 11.4 Å². The van der Waals surface area contributed by atoms with E-state index in [9.17, 15) is 35.1 Å². The van der Waals surface area contributed by atoms with Crippen molar-refractivity contribution in [3.8, 4) is 11.4 Å². The quantitative estimate of drug-likeness (QED) is 0.360. The largest absolute Gasteiger partial charge is 0.433 e. The monoisotopic (exact) mass is 439 g/mol. The van der Waals surface area contributed by atoms with Crippen LogP contribution >= 0.6 is 11.9 Å². The van der Waals surface area contributed by atoms with Gasteiger partial charge in [0.1, 0.15) is 17.3 Å². The summed E-state index contributed by atoms with van der Waals surface area (Å²) >= 11 is 0.716. The SMILES string of the molecule is Fc1cc(C(F)(F)F)c(F)cc1NSc1c[nH]c(-c2cccc(C(F)(F)F)n2)c1. The summed E-state index contributed by atoms with van der Waals surface area (Å²) in [6.07, 6.45) is -8.30. The zero-order chi connectivity index (χ0) is 21.4. The Labute approximate surface area is 162 Å². The van der Waals surface area contributed by atoms with E-state index in [0.29, 0.717) is 22.9 Å². The highest BCUT2D eigenvalue weighted by Gasteiger charge is 2.35. The van der Waals surface area contributed by atoms with Crippen LogP contribution in [0, 0.1) is 11.6 Å². The number of rotatable bonds is 4. The molecule has 3 aromatic rings. The molecule has 0 saturated heterocycles. The normalized spacial score (nSPS) is 12.3. The third-order valence-electron chi connectivity index (χ3n) is 3.61. The van der Waals surface area contributed by atoms with Crippen molar-refractivity contribution in [2.45, 2.75) is 17.2 Å². The smallest absolute Gasteiger partial charge is 0.359 e. The molecule has 0 unspecified atom stereocenters. The Morgan fingerprint density at radius 1 is 0.897 bits per heavy atom. The van der Waals surface area contributed by atoms with Crippen LogP contribution in [0.4, 0.5) is 40.8 Å². The van der Waals surface area contributed by atoms with Crippen LogP contribution in [0.2, 0.25) is 0 Å². The van der Waals surface area contributed by atoms with Crippen molar-refractivity contribution in [1.82, 2.24) is 9.97 Å². The van der Waals surface area contributed by atoms with Gasteiger partial charge in [-0.3, -0.25) is 0 Å². The lowest BCUT2D eigenvalue weighted by molar-refractivity contribution is -0.141. The van der Waals surface area contributed by atoms with Crippen molar-refractivity contribution in [2.75, 3.05) is 4.72 Å². The van der Waals surface area contributed by atoms with Crippen molar-refractivity contribution < 1.29 is 35.1 Å². The number of alkyl halides is 6. The second-order valence-electron chi connectivity index (χ2n) is 5.67. The Bertz CT molecular complexity index is 1030. The average molecular weight is 439 g/mol. The predicted molar refractivity (Wildman–Crippen MR) is 89.9 cm³/mol. The van der Waals surface area contributed by atoms with Crippen LogP contribution < -0.4 is 4.72 Å². The van der Waals surface area contributed by atoms with E-state index in [4.69, 9.17) is 0 Å². The fourth-order valence-corrected chi connectivity index (χ4v) is 2.96. The van der Waals surface area contributed by atoms with Crippen molar-refractivity contribution in [2.24, 2.45) is 0 Å². The topological polar surface area (TPSA) is 40.7 Å². The molecule has 29 heavy (non-hydrogen) atoms. The van der Waals surface area contributed by atoms with E-state index in [1.54, 1.807) is 0 Å². The van der Waals surface area contributed by atoms with Crippen molar-refractivity contribution >= 4 is 17.6 Å². The summed E-state index contributed by atoms with van der Waals surface area (Å²) in [6, 6.07) is 5.12. The minimum atomic E-state index is -5.04. The van der Waals surface area contributed by atoms with Gasteiger partial charge in [0.2, 0.25) is 0 Å². The molecule has 0 aliphatic heterocycles. The second kappa shape index (κ2) is 7.58. The molecule has 1 aromatic carbocycles. The molecule has 0 amide bonds. The van der Waals surface area contributed by atoms with E-state index in [-0.39, 0.29) is 17.5 Å². The molecular formula is C17H9F8N3S. The number of pyridine rings is 1. The molecule has 0 aliphatic rings. The second-order valence-corrected chi connectivity index (χ2v) is 6.55. The molecule has 0 aliphatic carbocycles. The minimum absolute atomic E-state index is 0.00145. The Morgan fingerprint density at radius 3 is 2.28 bits per heavy atom. The van der Waals surface area contributed by atoms with Crippen LogP contribution in [0.15, 0.2) is 47.5 Å². The van der Waals surface area contributed by atoms with Gasteiger partial charge in [-0.2, -0.15) is 26.3 Å². The molecule has 0 radical (unpaired) electrons. The van der Waals surface area contributed by atoms with Gasteiger partial charge in [-0.05, 0) is 36.2 Å². The predicted octanol–water partition coefficient (Wildman–Crippen LogP) is 6.51. The van der Waals surface area contributed by atoms with Crippen molar-refractivity contribution in [3.05, 3.63) is 65.5 Å². The standard InChI is InChI=1S/C17H9F8N3S/c18-10-6-13(11(19)5-9(10)16(20,21)22)28-29-8-4-14(26-7-8)12-2-1-3-15(27-12)17(23,24)25/h1-7,26,28H. The number of halogens is 8. The van der Waals surface area contributed by atoms with Crippen molar-refractivity contribution in [3.63, 3.8) is 0 Å². The summed E-state index contributed by atoms with van der Waals surface area (Å²) in [5, 5.41) is 0. The number of hydrogen-bond acceptors (Lipinski definition) is 3. The van der Waals surface area contributed by atoms with Gasteiger partial charge in [0.05, 0.1) is 22.6 Å². The summed E-state index contributed by atoms with van der Waals surface area (Å²) < 4.78 is 106. The van der Waals surface area contributed by atoms with Gasteiger partial charge in [-0.15, -0.1) is 0 Å². The summed E-state index contributed by atoms with van der Waals surface area (Å²) in [5.41, 5.74) is -3.12. The zero-order valence-corrected chi connectivity index (χ0v) is 14.7. The number of aromatic nitrogens is 2. The maximum Gasteiger partial charge on any atom is 0.433 e. The van der Waals surface area contributed by atoms with Gasteiger partial charge in [-0.25, -0.2) is 13.8 Å². The first-order valence-electron chi connectivity index (χ1n) is 7.67. The van der Waals surface area contributed by atoms with Crippen molar-refractivity contribution in [1.29, 1.82) is 0 Å². The van der Waals surface area contributed by atoms with Gasteiger partial charge >= 0.3 is 12.4 Å². The lowest BCUT2D eigenvalue weighted by atomic mass is 10.2. The van der Waals surface area contributed by atoms with E-state index < -0.39 is 40.9 Å². The molecule has 3 nitrogen and oxygen atoms in total. The van der Waals surface area contributed by atoms with Gasteiger partial charge < -0.3 is 9.71 Å². The van der Waals surface area contributed by atoms with E-state index in [1.165, 1.54) is 24.4 Å². The van der Waals surface area contributed by atoms with Crippen LogP contribution in [0.3, 0.4) is 0 Å². The first-order valence-corrected chi connectivity index (χ1v) is 8.49. The zero-order valence-electron chi connectivity index (χ0n) is 13.9. The van der Waals surface area contributed by atoms with Crippen LogP contribution in [0.1, 0.15) is 11.3 Å². The summed E-state index contributed by atoms with van der Waals surface area (Å²) in [7, 11) is 0. The Morgan fingerprint density at radius 2 is 1.62 bits per heavy atom. The number of aromatic amines is 1. The molecule has 0 saturated carbocycles. The molecule has 0 bridgehead atoms. The number of nitrogens with zero attached hydrogens (tertiary/aromatic N) is 1. The summed E-state index contributed by atoms with van der Waals surface area (Å²) in [4.78, 5) is 6.53. The Hall–Kier alpha value is -2.76. The fraction of sp³-hybridized carbons (Fsp3) is 0.118. The van der Waals surface area contributed by atoms with Crippen LogP contribution in [-0.2, 0) is 12.4 Å². The molecule has 12 heteroatoms. The fourth-order valence-electron chi connectivity index (χ4n) is 2.28. The van der Waals surface area contributed by atoms with E-state index in [0.717, 1.165) is 6.07 Å². The molecule has 2 aromatic heterocycles. The summed E-state index contributed by atoms with van der Waals surface area (Å²) in [5.74, 6) is -2.97. The number of benzene rings is 1. The number of nitrogens with one attached hydrogen (secondary N) is 2. The highest BCUT2D eigenvalue weighted by Crippen LogP contribution is 2.35. The minimum Gasteiger partial charge on any atom is -0.359 e. The third kappa shape index (κ3) is 4.81. The van der Waals surface area contributed by atoms with Gasteiger partial charge in [0.15, 0.2) is 0 Å². The van der Waals surface area contributed by atoms with E-state index >= 15 is 0 Å². The number of anilines is 1. The maximum atomic E-state index is 13.8. The number of hydrogen-bond donors (Lipinski definition) is 2. The van der Waals surface area contributed by atoms with Gasteiger partial charge in [-0.1, -0.05) is 6.07 Å². The molecule has 2 N–H and O–H groups in total. The molecule has 154 valence electrons. The number of H-pyrrole nitrogens is 1. The highest BCUT2D eigenvalue weighted by molar-refractivity contribution is 8.00. The Balaban J connectivity index is 1.76. The molecule has 0 fully saturated rings. The molecular weight excluding hydrogens is 430 g/mol. The third-order valence-corrected chi connectivity index (χ3v) is 4.41. The molecule has 3 rings (SSSR count).